The third-order valence-corrected chi connectivity index (χ3v) is 4.20. The summed E-state index contributed by atoms with van der Waals surface area (Å²) in [5, 5.41) is 3.58. The number of aryl methyl sites for hydroxylation is 1. The van der Waals surface area contributed by atoms with Crippen LogP contribution in [-0.4, -0.2) is 20.3 Å². The zero-order valence-electron chi connectivity index (χ0n) is 11.8. The Kier molecular flexibility index (Phi) is 6.90. The Morgan fingerprint density at radius 3 is 2.67 bits per heavy atom. The number of methoxy groups -OCH3 is 1. The number of rotatable bonds is 7. The number of hydrogen-bond donors (Lipinski definition) is 1. The molecule has 0 spiro atoms. The lowest BCUT2D eigenvalue weighted by molar-refractivity contribution is 0.170. The van der Waals surface area contributed by atoms with E-state index in [1.54, 1.807) is 7.11 Å². The summed E-state index contributed by atoms with van der Waals surface area (Å²) in [7, 11) is 1.76. The maximum Gasteiger partial charge on any atom is 0.0465 e. The van der Waals surface area contributed by atoms with Crippen LogP contribution in [-0.2, 0) is 4.74 Å². The topological polar surface area (TPSA) is 21.3 Å². The van der Waals surface area contributed by atoms with Gasteiger partial charge < -0.3 is 10.1 Å². The van der Waals surface area contributed by atoms with E-state index in [9.17, 15) is 0 Å². The van der Waals surface area contributed by atoms with Crippen LogP contribution >= 0.6 is 15.9 Å². The number of halogens is 1. The summed E-state index contributed by atoms with van der Waals surface area (Å²) >= 11 is 3.56. The van der Waals surface area contributed by atoms with E-state index < -0.39 is 0 Å². The third kappa shape index (κ3) is 4.38. The molecule has 3 heteroatoms. The summed E-state index contributed by atoms with van der Waals surface area (Å²) in [6, 6.07) is 7.00. The van der Waals surface area contributed by atoms with Gasteiger partial charge in [0.15, 0.2) is 0 Å². The van der Waals surface area contributed by atoms with Crippen molar-refractivity contribution in [1.29, 1.82) is 0 Å². The molecule has 1 N–H and O–H groups in total. The molecular weight excluding hydrogens is 290 g/mol. The van der Waals surface area contributed by atoms with Crippen LogP contribution in [0.25, 0.3) is 0 Å². The van der Waals surface area contributed by atoms with E-state index in [0.717, 1.165) is 19.6 Å². The minimum atomic E-state index is 0.400. The smallest absolute Gasteiger partial charge is 0.0465 e. The van der Waals surface area contributed by atoms with Crippen molar-refractivity contribution in [1.82, 2.24) is 5.32 Å². The molecule has 2 nitrogen and oxygen atoms in total. The highest BCUT2D eigenvalue weighted by Gasteiger charge is 2.18. The highest BCUT2D eigenvalue weighted by Crippen LogP contribution is 2.27. The monoisotopic (exact) mass is 313 g/mol. The number of ether oxygens (including phenoxy) is 1. The van der Waals surface area contributed by atoms with Crippen molar-refractivity contribution in [2.75, 3.05) is 20.3 Å². The Labute approximate surface area is 119 Å². The molecule has 1 aromatic carbocycles. The SMILES string of the molecule is CCNC(c1ccc(Br)c(C)c1)C(C)CCOC. The second kappa shape index (κ2) is 7.93. The van der Waals surface area contributed by atoms with E-state index in [4.69, 9.17) is 4.74 Å². The maximum atomic E-state index is 5.18. The van der Waals surface area contributed by atoms with Gasteiger partial charge in [0.2, 0.25) is 0 Å². The van der Waals surface area contributed by atoms with E-state index in [0.29, 0.717) is 12.0 Å². The fourth-order valence-corrected chi connectivity index (χ4v) is 2.45. The van der Waals surface area contributed by atoms with Crippen LogP contribution in [0, 0.1) is 12.8 Å². The van der Waals surface area contributed by atoms with Crippen molar-refractivity contribution in [3.05, 3.63) is 33.8 Å². The van der Waals surface area contributed by atoms with Crippen LogP contribution < -0.4 is 5.32 Å². The Balaban J connectivity index is 2.85. The number of hydrogen-bond acceptors (Lipinski definition) is 2. The summed E-state index contributed by atoms with van der Waals surface area (Å²) in [6.07, 6.45) is 1.07. The molecular formula is C15H24BrNO. The molecule has 1 aromatic rings. The molecule has 102 valence electrons. The largest absolute Gasteiger partial charge is 0.385 e. The van der Waals surface area contributed by atoms with Gasteiger partial charge in [-0.2, -0.15) is 0 Å². The molecule has 18 heavy (non-hydrogen) atoms. The Bertz CT molecular complexity index is 368. The van der Waals surface area contributed by atoms with Crippen LogP contribution in [0.1, 0.15) is 37.4 Å². The van der Waals surface area contributed by atoms with Crippen molar-refractivity contribution >= 4 is 15.9 Å². The number of nitrogens with one attached hydrogen (secondary N) is 1. The molecule has 0 saturated heterocycles. The molecule has 0 saturated carbocycles. The van der Waals surface area contributed by atoms with Crippen molar-refractivity contribution < 1.29 is 4.74 Å². The highest BCUT2D eigenvalue weighted by atomic mass is 79.9. The Morgan fingerprint density at radius 1 is 1.39 bits per heavy atom. The van der Waals surface area contributed by atoms with Crippen molar-refractivity contribution in [2.45, 2.75) is 33.2 Å². The van der Waals surface area contributed by atoms with Gasteiger partial charge in [-0.05, 0) is 43.0 Å². The second-order valence-corrected chi connectivity index (χ2v) is 5.66. The van der Waals surface area contributed by atoms with Crippen molar-refractivity contribution in [2.24, 2.45) is 5.92 Å². The van der Waals surface area contributed by atoms with E-state index in [1.807, 2.05) is 0 Å². The predicted molar refractivity (Wildman–Crippen MR) is 81.0 cm³/mol. The summed E-state index contributed by atoms with van der Waals surface area (Å²) in [4.78, 5) is 0. The first kappa shape index (κ1) is 15.7. The van der Waals surface area contributed by atoms with Crippen LogP contribution in [0.4, 0.5) is 0 Å². The molecule has 0 bridgehead atoms. The van der Waals surface area contributed by atoms with Crippen LogP contribution in [0.15, 0.2) is 22.7 Å². The molecule has 2 atom stereocenters. The third-order valence-electron chi connectivity index (χ3n) is 3.31. The first-order chi connectivity index (χ1) is 8.60. The minimum absolute atomic E-state index is 0.400. The molecule has 0 aliphatic heterocycles. The minimum Gasteiger partial charge on any atom is -0.385 e. The van der Waals surface area contributed by atoms with Gasteiger partial charge in [-0.25, -0.2) is 0 Å². The summed E-state index contributed by atoms with van der Waals surface area (Å²) in [5.74, 6) is 0.561. The molecule has 0 aromatic heterocycles. The quantitative estimate of drug-likeness (QED) is 0.819. The fourth-order valence-electron chi connectivity index (χ4n) is 2.20. The van der Waals surface area contributed by atoms with Crippen molar-refractivity contribution in [3.63, 3.8) is 0 Å². The summed E-state index contributed by atoms with van der Waals surface area (Å²) in [6.45, 7) is 8.37. The molecule has 0 aliphatic carbocycles. The zero-order chi connectivity index (χ0) is 13.5. The van der Waals surface area contributed by atoms with Gasteiger partial charge in [-0.15, -0.1) is 0 Å². The Hall–Kier alpha value is -0.380. The number of benzene rings is 1. The van der Waals surface area contributed by atoms with Gasteiger partial charge in [0, 0.05) is 24.2 Å². The highest BCUT2D eigenvalue weighted by molar-refractivity contribution is 9.10. The van der Waals surface area contributed by atoms with Gasteiger partial charge in [0.1, 0.15) is 0 Å². The molecule has 0 fully saturated rings. The molecule has 0 heterocycles. The summed E-state index contributed by atoms with van der Waals surface area (Å²) in [5.41, 5.74) is 2.65. The molecule has 2 unspecified atom stereocenters. The first-order valence-electron chi connectivity index (χ1n) is 6.58. The average molecular weight is 314 g/mol. The average Bonchev–Trinajstić information content (AvgIpc) is 2.36. The van der Waals surface area contributed by atoms with E-state index in [2.05, 4.69) is 60.2 Å². The van der Waals surface area contributed by atoms with Crippen LogP contribution in [0.3, 0.4) is 0 Å². The lowest BCUT2D eigenvalue weighted by Gasteiger charge is -2.25. The Morgan fingerprint density at radius 2 is 2.11 bits per heavy atom. The zero-order valence-corrected chi connectivity index (χ0v) is 13.4. The predicted octanol–water partition coefficient (Wildman–Crippen LogP) is 4.08. The lowest BCUT2D eigenvalue weighted by Crippen LogP contribution is -2.27. The fraction of sp³-hybridized carbons (Fsp3) is 0.600. The summed E-state index contributed by atoms with van der Waals surface area (Å²) < 4.78 is 6.36. The van der Waals surface area contributed by atoms with Gasteiger partial charge in [0.25, 0.3) is 0 Å². The van der Waals surface area contributed by atoms with Gasteiger partial charge in [-0.3, -0.25) is 0 Å². The maximum absolute atomic E-state index is 5.18. The van der Waals surface area contributed by atoms with Gasteiger partial charge in [0.05, 0.1) is 0 Å². The van der Waals surface area contributed by atoms with E-state index in [-0.39, 0.29) is 0 Å². The lowest BCUT2D eigenvalue weighted by atomic mass is 9.91. The first-order valence-corrected chi connectivity index (χ1v) is 7.37. The normalized spacial score (nSPS) is 14.5. The standard InChI is InChI=1S/C15H24BrNO/c1-5-17-15(11(2)8-9-18-4)13-6-7-14(16)12(3)10-13/h6-7,10-11,15,17H,5,8-9H2,1-4H3. The van der Waals surface area contributed by atoms with Gasteiger partial charge >= 0.3 is 0 Å². The van der Waals surface area contributed by atoms with Gasteiger partial charge in [-0.1, -0.05) is 41.9 Å². The van der Waals surface area contributed by atoms with Crippen molar-refractivity contribution in [3.8, 4) is 0 Å². The van der Waals surface area contributed by atoms with Crippen LogP contribution in [0.2, 0.25) is 0 Å². The van der Waals surface area contributed by atoms with Crippen LogP contribution in [0.5, 0.6) is 0 Å². The second-order valence-electron chi connectivity index (χ2n) is 4.80. The molecule has 0 amide bonds. The molecule has 1 rings (SSSR count). The van der Waals surface area contributed by atoms with E-state index in [1.165, 1.54) is 15.6 Å². The molecule has 0 aliphatic rings. The van der Waals surface area contributed by atoms with E-state index >= 15 is 0 Å². The molecule has 0 radical (unpaired) electrons.